The van der Waals surface area contributed by atoms with Gasteiger partial charge in [0, 0.05) is 26.1 Å². The lowest BCUT2D eigenvalue weighted by atomic mass is 9.77. The quantitative estimate of drug-likeness (QED) is 0.783. The van der Waals surface area contributed by atoms with E-state index in [1.165, 1.54) is 15.8 Å². The summed E-state index contributed by atoms with van der Waals surface area (Å²) in [6.07, 6.45) is 5.26. The Labute approximate surface area is 167 Å². The van der Waals surface area contributed by atoms with Crippen LogP contribution in [0.15, 0.2) is 30.7 Å². The largest absolute Gasteiger partial charge is 0.329 e. The Morgan fingerprint density at radius 1 is 1.14 bits per heavy atom. The molecule has 152 valence electrons. The van der Waals surface area contributed by atoms with E-state index in [1.54, 1.807) is 30.3 Å². The Kier molecular flexibility index (Phi) is 4.68. The maximum atomic E-state index is 13.4. The topological polar surface area (TPSA) is 88.4 Å². The van der Waals surface area contributed by atoms with E-state index >= 15 is 0 Å². The molecule has 2 fully saturated rings. The number of rotatable bonds is 3. The highest BCUT2D eigenvalue weighted by Crippen LogP contribution is 2.38. The summed E-state index contributed by atoms with van der Waals surface area (Å²) < 4.78 is 14.5. The molecule has 0 radical (unpaired) electrons. The molecule has 3 heterocycles. The van der Waals surface area contributed by atoms with Gasteiger partial charge in [0.1, 0.15) is 17.9 Å². The van der Waals surface area contributed by atoms with Crippen molar-refractivity contribution in [3.05, 3.63) is 42.1 Å². The molecule has 1 aliphatic carbocycles. The number of likely N-dealkylation sites (N-methyl/N-ethyl adjacent to an activating group) is 1. The third kappa shape index (κ3) is 3.20. The summed E-state index contributed by atoms with van der Waals surface area (Å²) in [4.78, 5) is 45.2. The first kappa shape index (κ1) is 19.2. The van der Waals surface area contributed by atoms with Crippen molar-refractivity contribution in [2.24, 2.45) is 0 Å². The smallest absolute Gasteiger partial charge is 0.249 e. The fraction of sp³-hybridized carbons (Fsp3) is 0.450. The van der Waals surface area contributed by atoms with Gasteiger partial charge in [-0.25, -0.2) is 14.1 Å². The summed E-state index contributed by atoms with van der Waals surface area (Å²) in [6, 6.07) is 3.11. The molecule has 1 saturated heterocycles. The van der Waals surface area contributed by atoms with Crippen LogP contribution in [0.1, 0.15) is 44.2 Å². The third-order valence-electron chi connectivity index (χ3n) is 6.12. The van der Waals surface area contributed by atoms with Gasteiger partial charge in [-0.1, -0.05) is 6.07 Å². The van der Waals surface area contributed by atoms with E-state index in [-0.39, 0.29) is 30.2 Å². The van der Waals surface area contributed by atoms with Gasteiger partial charge in [-0.2, -0.15) is 5.10 Å². The minimum Gasteiger partial charge on any atom is -0.329 e. The average molecular weight is 399 g/mol. The van der Waals surface area contributed by atoms with E-state index in [0.717, 1.165) is 11.8 Å². The molecule has 8 nitrogen and oxygen atoms in total. The van der Waals surface area contributed by atoms with Crippen molar-refractivity contribution in [1.29, 1.82) is 0 Å². The van der Waals surface area contributed by atoms with Crippen molar-refractivity contribution in [1.82, 2.24) is 24.6 Å². The molecule has 1 spiro atoms. The molecule has 29 heavy (non-hydrogen) atoms. The summed E-state index contributed by atoms with van der Waals surface area (Å²) >= 11 is 0. The molecule has 2 amide bonds. The van der Waals surface area contributed by atoms with E-state index in [0.29, 0.717) is 31.5 Å². The van der Waals surface area contributed by atoms with Crippen molar-refractivity contribution in [2.45, 2.75) is 44.2 Å². The lowest BCUT2D eigenvalue weighted by Gasteiger charge is -2.50. The Hall–Kier alpha value is -3.10. The SMILES string of the molecule is CC(c1ccc(-n2cc(F)cn2)nc1)N1CC(=O)N(C)C2(CCC(=O)CC2)C1=O. The number of piperazine rings is 1. The first-order chi connectivity index (χ1) is 13.8. The number of ketones is 1. The Morgan fingerprint density at radius 2 is 1.86 bits per heavy atom. The van der Waals surface area contributed by atoms with Crippen molar-refractivity contribution < 1.29 is 18.8 Å². The third-order valence-corrected chi connectivity index (χ3v) is 6.12. The molecule has 9 heteroatoms. The highest BCUT2D eigenvalue weighted by molar-refractivity contribution is 5.99. The van der Waals surface area contributed by atoms with E-state index in [1.807, 2.05) is 6.92 Å². The second-order valence-electron chi connectivity index (χ2n) is 7.68. The first-order valence-electron chi connectivity index (χ1n) is 9.58. The number of aromatic nitrogens is 3. The van der Waals surface area contributed by atoms with Crippen LogP contribution in [0.4, 0.5) is 4.39 Å². The van der Waals surface area contributed by atoms with E-state index in [4.69, 9.17) is 0 Å². The number of amides is 2. The average Bonchev–Trinajstić information content (AvgIpc) is 3.17. The number of hydrogen-bond acceptors (Lipinski definition) is 5. The highest BCUT2D eigenvalue weighted by Gasteiger charge is 2.53. The Morgan fingerprint density at radius 3 is 2.45 bits per heavy atom. The molecule has 2 aromatic heterocycles. The zero-order valence-corrected chi connectivity index (χ0v) is 16.3. The maximum absolute atomic E-state index is 13.4. The van der Waals surface area contributed by atoms with Gasteiger partial charge in [-0.3, -0.25) is 14.4 Å². The molecular weight excluding hydrogens is 377 g/mol. The fourth-order valence-electron chi connectivity index (χ4n) is 4.16. The van der Waals surface area contributed by atoms with Crippen molar-refractivity contribution >= 4 is 17.6 Å². The fourth-order valence-corrected chi connectivity index (χ4v) is 4.16. The zero-order chi connectivity index (χ0) is 20.8. The van der Waals surface area contributed by atoms with E-state index in [9.17, 15) is 18.8 Å². The Bertz CT molecular complexity index is 961. The first-order valence-corrected chi connectivity index (χ1v) is 9.58. The molecule has 1 saturated carbocycles. The van der Waals surface area contributed by atoms with Gasteiger partial charge in [-0.05, 0) is 31.4 Å². The maximum Gasteiger partial charge on any atom is 0.249 e. The van der Waals surface area contributed by atoms with Crippen LogP contribution in [-0.2, 0) is 14.4 Å². The molecule has 2 aromatic rings. The number of carbonyl (C=O) groups is 3. The molecular formula is C20H22FN5O3. The molecule has 1 atom stereocenters. The Balaban J connectivity index is 1.59. The monoisotopic (exact) mass is 399 g/mol. The van der Waals surface area contributed by atoms with Crippen LogP contribution in [0.25, 0.3) is 5.82 Å². The number of pyridine rings is 1. The molecule has 0 bridgehead atoms. The normalized spacial score (nSPS) is 20.4. The predicted octanol–water partition coefficient (Wildman–Crippen LogP) is 1.65. The minimum absolute atomic E-state index is 0.0156. The second kappa shape index (κ2) is 7.06. The summed E-state index contributed by atoms with van der Waals surface area (Å²) in [5.41, 5.74) is -0.189. The van der Waals surface area contributed by atoms with Crippen LogP contribution >= 0.6 is 0 Å². The van der Waals surface area contributed by atoms with Crippen LogP contribution in [-0.4, -0.2) is 61.3 Å². The molecule has 1 aliphatic heterocycles. The molecule has 2 aliphatic rings. The van der Waals surface area contributed by atoms with Crippen LogP contribution in [0.2, 0.25) is 0 Å². The van der Waals surface area contributed by atoms with Crippen LogP contribution in [0, 0.1) is 5.82 Å². The van der Waals surface area contributed by atoms with Gasteiger partial charge in [0.05, 0.1) is 18.4 Å². The molecule has 0 N–H and O–H groups in total. The zero-order valence-electron chi connectivity index (χ0n) is 16.3. The van der Waals surface area contributed by atoms with Crippen molar-refractivity contribution in [3.63, 3.8) is 0 Å². The van der Waals surface area contributed by atoms with Gasteiger partial charge >= 0.3 is 0 Å². The second-order valence-corrected chi connectivity index (χ2v) is 7.68. The number of nitrogens with zero attached hydrogens (tertiary/aromatic N) is 5. The standard InChI is InChI=1S/C20H22FN5O3/c1-13(14-3-4-17(22-9-14)26-11-15(21)10-23-26)25-12-18(28)24(2)20(19(25)29)7-5-16(27)6-8-20/h3-4,9-11,13H,5-8,12H2,1-2H3. The number of hydrogen-bond donors (Lipinski definition) is 0. The summed E-state index contributed by atoms with van der Waals surface area (Å²) in [7, 11) is 1.65. The summed E-state index contributed by atoms with van der Waals surface area (Å²) in [5, 5.41) is 3.88. The minimum atomic E-state index is -0.947. The lowest BCUT2D eigenvalue weighted by molar-refractivity contribution is -0.168. The van der Waals surface area contributed by atoms with Gasteiger partial charge in [0.15, 0.2) is 11.6 Å². The summed E-state index contributed by atoms with van der Waals surface area (Å²) in [5.74, 6) is -0.139. The van der Waals surface area contributed by atoms with E-state index < -0.39 is 11.4 Å². The van der Waals surface area contributed by atoms with Gasteiger partial charge in [0.2, 0.25) is 11.8 Å². The van der Waals surface area contributed by atoms with E-state index in [2.05, 4.69) is 10.1 Å². The van der Waals surface area contributed by atoms with Crippen molar-refractivity contribution in [3.8, 4) is 5.82 Å². The summed E-state index contributed by atoms with van der Waals surface area (Å²) in [6.45, 7) is 1.83. The molecule has 1 unspecified atom stereocenters. The molecule has 4 rings (SSSR count). The van der Waals surface area contributed by atoms with Crippen LogP contribution < -0.4 is 0 Å². The lowest BCUT2D eigenvalue weighted by Crippen LogP contribution is -2.68. The van der Waals surface area contributed by atoms with Gasteiger partial charge in [-0.15, -0.1) is 0 Å². The van der Waals surface area contributed by atoms with Crippen molar-refractivity contribution in [2.75, 3.05) is 13.6 Å². The van der Waals surface area contributed by atoms with Gasteiger partial charge in [0.25, 0.3) is 0 Å². The van der Waals surface area contributed by atoms with Gasteiger partial charge < -0.3 is 9.80 Å². The predicted molar refractivity (Wildman–Crippen MR) is 100 cm³/mol. The van der Waals surface area contributed by atoms with Crippen LogP contribution in [0.5, 0.6) is 0 Å². The number of carbonyl (C=O) groups excluding carboxylic acids is 3. The number of Topliss-reactive ketones (excluding diaryl/α,β-unsaturated/α-hetero) is 1. The van der Waals surface area contributed by atoms with Crippen LogP contribution in [0.3, 0.4) is 0 Å². The highest BCUT2D eigenvalue weighted by atomic mass is 19.1. The number of halogens is 1. The molecule has 0 aromatic carbocycles.